The van der Waals surface area contributed by atoms with Gasteiger partial charge in [-0.25, -0.2) is 4.98 Å². The fourth-order valence-electron chi connectivity index (χ4n) is 2.76. The SMILES string of the molecule is COc1ncc(CN2OC3CCC2CC3)cc1Cl. The van der Waals surface area contributed by atoms with Crippen molar-refractivity contribution in [3.8, 4) is 5.88 Å². The molecular weight excluding hydrogens is 252 g/mol. The first-order valence-corrected chi connectivity index (χ1v) is 6.76. The molecule has 2 saturated heterocycles. The van der Waals surface area contributed by atoms with Crippen LogP contribution in [0, 0.1) is 0 Å². The van der Waals surface area contributed by atoms with Gasteiger partial charge in [-0.3, -0.25) is 4.84 Å². The summed E-state index contributed by atoms with van der Waals surface area (Å²) in [6.07, 6.45) is 7.09. The van der Waals surface area contributed by atoms with Crippen LogP contribution in [-0.4, -0.2) is 29.3 Å². The van der Waals surface area contributed by atoms with Crippen LogP contribution in [0.2, 0.25) is 5.02 Å². The Kier molecular flexibility index (Phi) is 3.41. The number of hydrogen-bond acceptors (Lipinski definition) is 4. The number of ether oxygens (including phenoxy) is 1. The molecule has 3 fully saturated rings. The molecule has 2 bridgehead atoms. The van der Waals surface area contributed by atoms with Crippen molar-refractivity contribution in [2.24, 2.45) is 0 Å². The normalized spacial score (nSPS) is 27.4. The molecule has 3 heterocycles. The molecule has 0 unspecified atom stereocenters. The van der Waals surface area contributed by atoms with E-state index in [-0.39, 0.29) is 0 Å². The van der Waals surface area contributed by atoms with Gasteiger partial charge in [-0.05, 0) is 37.3 Å². The van der Waals surface area contributed by atoms with Gasteiger partial charge < -0.3 is 4.74 Å². The molecule has 0 spiro atoms. The molecule has 2 aliphatic heterocycles. The van der Waals surface area contributed by atoms with Gasteiger partial charge in [-0.15, -0.1) is 0 Å². The van der Waals surface area contributed by atoms with E-state index in [1.807, 2.05) is 6.07 Å². The number of methoxy groups -OCH3 is 1. The van der Waals surface area contributed by atoms with Gasteiger partial charge in [0.05, 0.1) is 19.8 Å². The van der Waals surface area contributed by atoms with Crippen LogP contribution in [0.1, 0.15) is 31.2 Å². The summed E-state index contributed by atoms with van der Waals surface area (Å²) in [4.78, 5) is 10.1. The Morgan fingerprint density at radius 2 is 2.22 bits per heavy atom. The maximum absolute atomic E-state index is 6.08. The van der Waals surface area contributed by atoms with Crippen LogP contribution >= 0.6 is 11.6 Å². The summed E-state index contributed by atoms with van der Waals surface area (Å²) < 4.78 is 5.05. The first-order valence-electron chi connectivity index (χ1n) is 6.38. The van der Waals surface area contributed by atoms with Gasteiger partial charge in [0.25, 0.3) is 0 Å². The number of fused-ring (bicyclic) bond motifs is 3. The summed E-state index contributed by atoms with van der Waals surface area (Å²) in [6, 6.07) is 2.45. The summed E-state index contributed by atoms with van der Waals surface area (Å²) in [7, 11) is 1.57. The molecule has 0 atom stereocenters. The third kappa shape index (κ3) is 2.32. The van der Waals surface area contributed by atoms with E-state index in [9.17, 15) is 0 Å². The maximum Gasteiger partial charge on any atom is 0.232 e. The van der Waals surface area contributed by atoms with Crippen molar-refractivity contribution < 1.29 is 9.57 Å². The molecule has 5 heteroatoms. The molecule has 1 aromatic heterocycles. The van der Waals surface area contributed by atoms with Gasteiger partial charge in [0.1, 0.15) is 5.02 Å². The monoisotopic (exact) mass is 268 g/mol. The predicted octanol–water partition coefficient (Wildman–Crippen LogP) is 2.80. The van der Waals surface area contributed by atoms with Crippen molar-refractivity contribution in [1.82, 2.24) is 10.0 Å². The van der Waals surface area contributed by atoms with E-state index in [0.29, 0.717) is 23.0 Å². The van der Waals surface area contributed by atoms with E-state index in [1.54, 1.807) is 13.3 Å². The average Bonchev–Trinajstić information content (AvgIpc) is 2.40. The van der Waals surface area contributed by atoms with Crippen molar-refractivity contribution in [2.75, 3.05) is 7.11 Å². The van der Waals surface area contributed by atoms with Crippen molar-refractivity contribution in [1.29, 1.82) is 0 Å². The molecule has 1 saturated carbocycles. The highest BCUT2D eigenvalue weighted by Crippen LogP contribution is 2.34. The van der Waals surface area contributed by atoms with Crippen LogP contribution in [-0.2, 0) is 11.4 Å². The topological polar surface area (TPSA) is 34.6 Å². The molecule has 0 amide bonds. The minimum atomic E-state index is 0.414. The van der Waals surface area contributed by atoms with E-state index < -0.39 is 0 Å². The van der Waals surface area contributed by atoms with Crippen molar-refractivity contribution in [2.45, 2.75) is 44.4 Å². The van der Waals surface area contributed by atoms with Gasteiger partial charge in [0.15, 0.2) is 0 Å². The third-order valence-corrected chi connectivity index (χ3v) is 4.00. The molecule has 1 aromatic rings. The summed E-state index contributed by atoms with van der Waals surface area (Å²) in [6.45, 7) is 0.748. The highest BCUT2D eigenvalue weighted by atomic mass is 35.5. The summed E-state index contributed by atoms with van der Waals surface area (Å²) in [5.74, 6) is 0.474. The fraction of sp³-hybridized carbons (Fsp3) is 0.615. The predicted molar refractivity (Wildman–Crippen MR) is 68.5 cm³/mol. The number of pyridine rings is 1. The number of halogens is 1. The summed E-state index contributed by atoms with van der Waals surface area (Å²) >= 11 is 6.08. The number of hydrogen-bond donors (Lipinski definition) is 0. The Bertz CT molecular complexity index is 433. The second-order valence-electron chi connectivity index (χ2n) is 4.95. The van der Waals surface area contributed by atoms with Gasteiger partial charge in [0.2, 0.25) is 5.88 Å². The lowest BCUT2D eigenvalue weighted by molar-refractivity contribution is -0.281. The van der Waals surface area contributed by atoms with Crippen molar-refractivity contribution >= 4 is 11.6 Å². The second-order valence-corrected chi connectivity index (χ2v) is 5.35. The van der Waals surface area contributed by atoms with Crippen molar-refractivity contribution in [3.05, 3.63) is 22.8 Å². The van der Waals surface area contributed by atoms with Gasteiger partial charge in [-0.1, -0.05) is 11.6 Å². The Labute approximate surface area is 112 Å². The lowest BCUT2D eigenvalue weighted by Crippen LogP contribution is -2.48. The maximum atomic E-state index is 6.08. The van der Waals surface area contributed by atoms with Crippen LogP contribution in [0.4, 0.5) is 0 Å². The van der Waals surface area contributed by atoms with Crippen LogP contribution in [0.5, 0.6) is 5.88 Å². The molecule has 4 rings (SSSR count). The van der Waals surface area contributed by atoms with E-state index in [0.717, 1.165) is 12.1 Å². The second kappa shape index (κ2) is 5.03. The van der Waals surface area contributed by atoms with Crippen molar-refractivity contribution in [3.63, 3.8) is 0 Å². The number of aromatic nitrogens is 1. The van der Waals surface area contributed by atoms with E-state index in [1.165, 1.54) is 25.7 Å². The Morgan fingerprint density at radius 3 is 2.78 bits per heavy atom. The molecule has 0 aromatic carbocycles. The molecule has 1 aliphatic carbocycles. The summed E-state index contributed by atoms with van der Waals surface area (Å²) in [5.41, 5.74) is 1.06. The zero-order valence-electron chi connectivity index (χ0n) is 10.4. The largest absolute Gasteiger partial charge is 0.480 e. The zero-order valence-corrected chi connectivity index (χ0v) is 11.2. The molecule has 18 heavy (non-hydrogen) atoms. The highest BCUT2D eigenvalue weighted by Gasteiger charge is 2.34. The highest BCUT2D eigenvalue weighted by molar-refractivity contribution is 6.31. The Morgan fingerprint density at radius 1 is 1.44 bits per heavy atom. The molecule has 3 aliphatic rings. The van der Waals surface area contributed by atoms with E-state index in [2.05, 4.69) is 10.0 Å². The molecule has 98 valence electrons. The van der Waals surface area contributed by atoms with Gasteiger partial charge >= 0.3 is 0 Å². The lowest BCUT2D eigenvalue weighted by atomic mass is 9.91. The first kappa shape index (κ1) is 12.2. The number of hydroxylamine groups is 2. The van der Waals surface area contributed by atoms with Gasteiger partial charge in [-0.2, -0.15) is 5.06 Å². The average molecular weight is 269 g/mol. The first-order chi connectivity index (χ1) is 8.76. The third-order valence-electron chi connectivity index (χ3n) is 3.73. The Hall–Kier alpha value is -0.840. The Balaban J connectivity index is 1.71. The van der Waals surface area contributed by atoms with E-state index >= 15 is 0 Å². The van der Waals surface area contributed by atoms with Crippen LogP contribution in [0.15, 0.2) is 12.3 Å². The smallest absolute Gasteiger partial charge is 0.232 e. The quantitative estimate of drug-likeness (QED) is 0.844. The van der Waals surface area contributed by atoms with E-state index in [4.69, 9.17) is 21.2 Å². The minimum absolute atomic E-state index is 0.414. The number of nitrogens with zero attached hydrogens (tertiary/aromatic N) is 2. The lowest BCUT2D eigenvalue weighted by Gasteiger charge is -2.44. The standard InChI is InChI=1S/C13H17ClN2O2/c1-17-13-12(14)6-9(7-15-13)8-16-10-2-4-11(18-16)5-3-10/h6-7,10-11H,2-5,8H2,1H3. The summed E-state index contributed by atoms with van der Waals surface area (Å²) in [5, 5.41) is 2.65. The molecular formula is C13H17ClN2O2. The number of rotatable bonds is 3. The van der Waals surface area contributed by atoms with Crippen LogP contribution in [0.3, 0.4) is 0 Å². The zero-order chi connectivity index (χ0) is 12.5. The van der Waals surface area contributed by atoms with Gasteiger partial charge in [0, 0.05) is 12.2 Å². The molecule has 0 N–H and O–H groups in total. The molecule has 4 nitrogen and oxygen atoms in total. The minimum Gasteiger partial charge on any atom is -0.480 e. The van der Waals surface area contributed by atoms with Crippen LogP contribution < -0.4 is 4.74 Å². The molecule has 0 radical (unpaired) electrons. The van der Waals surface area contributed by atoms with Crippen LogP contribution in [0.25, 0.3) is 0 Å². The fourth-order valence-corrected chi connectivity index (χ4v) is 3.03.